The second-order valence-electron chi connectivity index (χ2n) is 6.38. The molecule has 0 radical (unpaired) electrons. The molecule has 1 aromatic heterocycles. The van der Waals surface area contributed by atoms with E-state index in [9.17, 15) is 9.59 Å². The van der Waals surface area contributed by atoms with Crippen molar-refractivity contribution in [2.45, 2.75) is 45.3 Å². The summed E-state index contributed by atoms with van der Waals surface area (Å²) in [6.45, 7) is 6.44. The van der Waals surface area contributed by atoms with Gasteiger partial charge in [0.25, 0.3) is 0 Å². The maximum absolute atomic E-state index is 12.8. The molecule has 3 heterocycles. The number of ether oxygens (including phenoxy) is 1. The van der Waals surface area contributed by atoms with E-state index in [0.29, 0.717) is 32.1 Å². The van der Waals surface area contributed by atoms with Gasteiger partial charge in [0.05, 0.1) is 19.8 Å². The van der Waals surface area contributed by atoms with Crippen molar-refractivity contribution in [3.63, 3.8) is 0 Å². The number of fused-ring (bicyclic) bond motifs is 1. The number of aryl methyl sites for hydroxylation is 1. The number of rotatable bonds is 4. The zero-order chi connectivity index (χ0) is 17.1. The largest absolute Gasteiger partial charge is 0.378 e. The van der Waals surface area contributed by atoms with Gasteiger partial charge < -0.3 is 24.8 Å². The van der Waals surface area contributed by atoms with E-state index in [2.05, 4.69) is 20.8 Å². The van der Waals surface area contributed by atoms with Crippen LogP contribution in [-0.2, 0) is 22.5 Å². The summed E-state index contributed by atoms with van der Waals surface area (Å²) >= 11 is 0. The fourth-order valence-corrected chi connectivity index (χ4v) is 3.11. The summed E-state index contributed by atoms with van der Waals surface area (Å²) in [6.07, 6.45) is 1.46. The van der Waals surface area contributed by atoms with Crippen LogP contribution in [0.4, 0.5) is 4.79 Å². The zero-order valence-corrected chi connectivity index (χ0v) is 14.1. The predicted octanol–water partition coefficient (Wildman–Crippen LogP) is -0.168. The number of amides is 3. The molecule has 2 N–H and O–H groups in total. The second kappa shape index (κ2) is 7.16. The molecule has 9 heteroatoms. The van der Waals surface area contributed by atoms with E-state index in [-0.39, 0.29) is 30.6 Å². The Kier molecular flexibility index (Phi) is 4.98. The van der Waals surface area contributed by atoms with Crippen LogP contribution in [0.25, 0.3) is 0 Å². The molecule has 0 aliphatic carbocycles. The third-order valence-electron chi connectivity index (χ3n) is 4.22. The Bertz CT molecular complexity index is 608. The average Bonchev–Trinajstić information content (AvgIpc) is 3.14. The SMILES string of the molecule is CC(C)NC(=O)NCc1nnc2n1C(C(=O)N1CCOCC1)CC2. The van der Waals surface area contributed by atoms with E-state index < -0.39 is 0 Å². The molecule has 2 aliphatic rings. The smallest absolute Gasteiger partial charge is 0.315 e. The van der Waals surface area contributed by atoms with Crippen LogP contribution in [0.5, 0.6) is 0 Å². The first-order valence-corrected chi connectivity index (χ1v) is 8.40. The van der Waals surface area contributed by atoms with Gasteiger partial charge in [-0.25, -0.2) is 4.79 Å². The number of nitrogens with zero attached hydrogens (tertiary/aromatic N) is 4. The Morgan fingerprint density at radius 3 is 2.75 bits per heavy atom. The van der Waals surface area contributed by atoms with Crippen LogP contribution in [0.15, 0.2) is 0 Å². The van der Waals surface area contributed by atoms with Gasteiger partial charge in [-0.15, -0.1) is 10.2 Å². The fraction of sp³-hybridized carbons (Fsp3) is 0.733. The van der Waals surface area contributed by atoms with Gasteiger partial charge in [0.15, 0.2) is 5.82 Å². The maximum Gasteiger partial charge on any atom is 0.315 e. The number of carbonyl (C=O) groups excluding carboxylic acids is 2. The van der Waals surface area contributed by atoms with Crippen molar-refractivity contribution >= 4 is 11.9 Å². The molecule has 0 saturated carbocycles. The lowest BCUT2D eigenvalue weighted by molar-refractivity contribution is -0.138. The van der Waals surface area contributed by atoms with Gasteiger partial charge in [-0.1, -0.05) is 0 Å². The third kappa shape index (κ3) is 3.50. The Balaban J connectivity index is 1.67. The molecule has 1 saturated heterocycles. The fourth-order valence-electron chi connectivity index (χ4n) is 3.11. The molecule has 3 amide bonds. The summed E-state index contributed by atoms with van der Waals surface area (Å²) in [7, 11) is 0. The Morgan fingerprint density at radius 1 is 1.29 bits per heavy atom. The highest BCUT2D eigenvalue weighted by Crippen LogP contribution is 2.28. The molecule has 1 fully saturated rings. The van der Waals surface area contributed by atoms with E-state index in [0.717, 1.165) is 18.7 Å². The van der Waals surface area contributed by atoms with Gasteiger partial charge in [-0.2, -0.15) is 0 Å². The van der Waals surface area contributed by atoms with Gasteiger partial charge in [0.1, 0.15) is 11.9 Å². The quantitative estimate of drug-likeness (QED) is 0.795. The van der Waals surface area contributed by atoms with Crippen molar-refractivity contribution in [3.05, 3.63) is 11.6 Å². The monoisotopic (exact) mass is 336 g/mol. The van der Waals surface area contributed by atoms with Crippen molar-refractivity contribution in [2.75, 3.05) is 26.3 Å². The molecule has 0 aromatic carbocycles. The van der Waals surface area contributed by atoms with Crippen LogP contribution in [0, 0.1) is 0 Å². The summed E-state index contributed by atoms with van der Waals surface area (Å²) < 4.78 is 7.19. The van der Waals surface area contributed by atoms with Gasteiger partial charge in [0.2, 0.25) is 5.91 Å². The number of carbonyl (C=O) groups is 2. The number of hydrogen-bond acceptors (Lipinski definition) is 5. The van der Waals surface area contributed by atoms with Crippen LogP contribution in [0.1, 0.15) is 38.0 Å². The first-order valence-electron chi connectivity index (χ1n) is 8.40. The minimum atomic E-state index is -0.280. The van der Waals surface area contributed by atoms with E-state index >= 15 is 0 Å². The van der Waals surface area contributed by atoms with Crippen molar-refractivity contribution in [1.82, 2.24) is 30.3 Å². The molecule has 9 nitrogen and oxygen atoms in total. The lowest BCUT2D eigenvalue weighted by Crippen LogP contribution is -2.44. The number of aromatic nitrogens is 3. The van der Waals surface area contributed by atoms with E-state index in [4.69, 9.17) is 4.74 Å². The highest BCUT2D eigenvalue weighted by molar-refractivity contribution is 5.81. The summed E-state index contributed by atoms with van der Waals surface area (Å²) in [5.41, 5.74) is 0. The van der Waals surface area contributed by atoms with Crippen molar-refractivity contribution in [1.29, 1.82) is 0 Å². The molecule has 1 atom stereocenters. The first-order chi connectivity index (χ1) is 11.6. The van der Waals surface area contributed by atoms with Crippen LogP contribution in [0.2, 0.25) is 0 Å². The summed E-state index contributed by atoms with van der Waals surface area (Å²) in [6, 6.07) is -0.473. The minimum absolute atomic E-state index is 0.0600. The number of urea groups is 1. The summed E-state index contributed by atoms with van der Waals surface area (Å²) in [5, 5.41) is 13.8. The molecule has 1 unspecified atom stereocenters. The van der Waals surface area contributed by atoms with Crippen LogP contribution < -0.4 is 10.6 Å². The molecule has 24 heavy (non-hydrogen) atoms. The van der Waals surface area contributed by atoms with Crippen LogP contribution in [-0.4, -0.2) is 63.9 Å². The number of morpholine rings is 1. The number of hydrogen-bond donors (Lipinski definition) is 2. The molecule has 0 spiro atoms. The predicted molar refractivity (Wildman–Crippen MR) is 85.3 cm³/mol. The molecule has 2 aliphatic heterocycles. The molecule has 3 rings (SSSR count). The molecular formula is C15H24N6O3. The highest BCUT2D eigenvalue weighted by atomic mass is 16.5. The highest BCUT2D eigenvalue weighted by Gasteiger charge is 2.35. The van der Waals surface area contributed by atoms with Crippen molar-refractivity contribution < 1.29 is 14.3 Å². The molecule has 1 aromatic rings. The van der Waals surface area contributed by atoms with Crippen LogP contribution >= 0.6 is 0 Å². The van der Waals surface area contributed by atoms with E-state index in [1.165, 1.54) is 0 Å². The zero-order valence-electron chi connectivity index (χ0n) is 14.1. The van der Waals surface area contributed by atoms with Gasteiger partial charge >= 0.3 is 6.03 Å². The Morgan fingerprint density at radius 2 is 2.04 bits per heavy atom. The Labute approximate surface area is 140 Å². The van der Waals surface area contributed by atoms with E-state index in [1.54, 1.807) is 0 Å². The second-order valence-corrected chi connectivity index (χ2v) is 6.38. The van der Waals surface area contributed by atoms with Crippen molar-refractivity contribution in [3.8, 4) is 0 Å². The Hall–Kier alpha value is -2.16. The first kappa shape index (κ1) is 16.7. The van der Waals surface area contributed by atoms with Gasteiger partial charge in [0, 0.05) is 25.6 Å². The topological polar surface area (TPSA) is 101 Å². The van der Waals surface area contributed by atoms with Gasteiger partial charge in [-0.05, 0) is 20.3 Å². The van der Waals surface area contributed by atoms with Gasteiger partial charge in [-0.3, -0.25) is 4.79 Å². The third-order valence-corrected chi connectivity index (χ3v) is 4.22. The van der Waals surface area contributed by atoms with Crippen LogP contribution in [0.3, 0.4) is 0 Å². The molecule has 132 valence electrons. The number of nitrogens with one attached hydrogen (secondary N) is 2. The maximum atomic E-state index is 12.8. The lowest BCUT2D eigenvalue weighted by Gasteiger charge is -2.29. The lowest BCUT2D eigenvalue weighted by atomic mass is 10.2. The molecule has 0 bridgehead atoms. The molecular weight excluding hydrogens is 312 g/mol. The average molecular weight is 336 g/mol. The van der Waals surface area contributed by atoms with Crippen molar-refractivity contribution in [2.24, 2.45) is 0 Å². The van der Waals surface area contributed by atoms with E-state index in [1.807, 2.05) is 23.3 Å². The summed E-state index contributed by atoms with van der Waals surface area (Å²) in [4.78, 5) is 26.4. The summed E-state index contributed by atoms with van der Waals surface area (Å²) in [5.74, 6) is 1.51. The minimum Gasteiger partial charge on any atom is -0.378 e. The normalized spacial score (nSPS) is 20.1. The standard InChI is InChI=1S/C15H24N6O3/c1-10(2)17-15(23)16-9-13-19-18-12-4-3-11(21(12)13)14(22)20-5-7-24-8-6-20/h10-11H,3-9H2,1-2H3,(H2,16,17,23).